The first-order valence-corrected chi connectivity index (χ1v) is 12.3. The molecule has 3 aromatic carbocycles. The highest BCUT2D eigenvalue weighted by Gasteiger charge is 2.33. The van der Waals surface area contributed by atoms with Gasteiger partial charge in [-0.3, -0.25) is 9.36 Å². The van der Waals surface area contributed by atoms with Gasteiger partial charge in [-0.1, -0.05) is 85.4 Å². The van der Waals surface area contributed by atoms with Crippen LogP contribution in [0.1, 0.15) is 36.9 Å². The molecule has 1 aromatic heterocycles. The molecule has 0 aliphatic carbocycles. The first-order chi connectivity index (χ1) is 16.6. The van der Waals surface area contributed by atoms with E-state index in [1.807, 2.05) is 49.4 Å². The quantitative estimate of drug-likeness (QED) is 0.399. The molecule has 34 heavy (non-hydrogen) atoms. The average Bonchev–Trinajstić information content (AvgIpc) is 3.47. The van der Waals surface area contributed by atoms with E-state index in [0.717, 1.165) is 28.6 Å². The third-order valence-corrected chi connectivity index (χ3v) is 6.89. The van der Waals surface area contributed by atoms with E-state index in [-0.39, 0.29) is 23.4 Å². The van der Waals surface area contributed by atoms with E-state index in [1.165, 1.54) is 17.1 Å². The lowest BCUT2D eigenvalue weighted by Crippen LogP contribution is -2.28. The molecule has 7 nitrogen and oxygen atoms in total. The number of carbonyl (C=O) groups excluding carboxylic acids is 1. The number of amides is 1. The molecule has 4 aromatic rings. The summed E-state index contributed by atoms with van der Waals surface area (Å²) in [5.41, 5.74) is 2.70. The molecule has 2 heterocycles. The summed E-state index contributed by atoms with van der Waals surface area (Å²) in [4.78, 5) is 25.3. The van der Waals surface area contributed by atoms with Gasteiger partial charge in [-0.25, -0.2) is 14.9 Å². The maximum atomic E-state index is 13.3. The summed E-state index contributed by atoms with van der Waals surface area (Å²) in [6.45, 7) is 2.56. The number of hydrogen-bond acceptors (Lipinski definition) is 5. The number of nitrogens with one attached hydrogen (secondary N) is 1. The van der Waals surface area contributed by atoms with E-state index in [4.69, 9.17) is 5.10 Å². The summed E-state index contributed by atoms with van der Waals surface area (Å²) in [6, 6.07) is 24.3. The van der Waals surface area contributed by atoms with E-state index in [9.17, 15) is 9.59 Å². The third-order valence-electron chi connectivity index (χ3n) is 5.93. The van der Waals surface area contributed by atoms with Gasteiger partial charge in [0.1, 0.15) is 0 Å². The van der Waals surface area contributed by atoms with Gasteiger partial charge in [-0.05, 0) is 34.4 Å². The normalized spacial score (nSPS) is 15.6. The summed E-state index contributed by atoms with van der Waals surface area (Å²) in [5, 5.41) is 15.8. The SMILES string of the molecule is CCCn1c(SCC(=O)N2N=C(c3ccc4ccccc4c3)C[C@H]2c2ccccc2)n[nH]c1=O. The number of nitrogens with zero attached hydrogens (tertiary/aromatic N) is 4. The van der Waals surface area contributed by atoms with Crippen molar-refractivity contribution in [3.05, 3.63) is 94.4 Å². The Morgan fingerprint density at radius 2 is 1.82 bits per heavy atom. The van der Waals surface area contributed by atoms with Gasteiger partial charge in [-0.15, -0.1) is 5.10 Å². The Bertz CT molecular complexity index is 1410. The van der Waals surface area contributed by atoms with Gasteiger partial charge >= 0.3 is 5.69 Å². The van der Waals surface area contributed by atoms with Gasteiger partial charge in [0, 0.05) is 13.0 Å². The summed E-state index contributed by atoms with van der Waals surface area (Å²) < 4.78 is 1.57. The van der Waals surface area contributed by atoms with E-state index < -0.39 is 0 Å². The van der Waals surface area contributed by atoms with Crippen molar-refractivity contribution in [2.24, 2.45) is 5.10 Å². The number of fused-ring (bicyclic) bond motifs is 1. The van der Waals surface area contributed by atoms with Crippen LogP contribution >= 0.6 is 11.8 Å². The predicted molar refractivity (Wildman–Crippen MR) is 135 cm³/mol. The van der Waals surface area contributed by atoms with Crippen LogP contribution in [0.5, 0.6) is 0 Å². The van der Waals surface area contributed by atoms with E-state index >= 15 is 0 Å². The van der Waals surface area contributed by atoms with Crippen molar-refractivity contribution in [2.75, 3.05) is 5.75 Å². The van der Waals surface area contributed by atoms with Crippen molar-refractivity contribution >= 4 is 34.2 Å². The van der Waals surface area contributed by atoms with E-state index in [0.29, 0.717) is 18.1 Å². The van der Waals surface area contributed by atoms with E-state index in [1.54, 1.807) is 9.58 Å². The highest BCUT2D eigenvalue weighted by atomic mass is 32.2. The molecule has 0 spiro atoms. The maximum absolute atomic E-state index is 13.3. The standard InChI is InChI=1S/C26H25N5O2S/c1-2-14-30-25(33)27-28-26(30)34-17-24(32)31-23(19-9-4-3-5-10-19)16-22(29-31)21-13-12-18-8-6-7-11-20(18)15-21/h3-13,15,23H,2,14,16-17H2,1H3,(H,27,33)/t23-/m0/s1. The number of H-pyrrole nitrogens is 1. The first kappa shape index (κ1) is 22.2. The second kappa shape index (κ2) is 9.69. The number of aromatic amines is 1. The second-order valence-electron chi connectivity index (χ2n) is 8.23. The molecule has 1 atom stereocenters. The van der Waals surface area contributed by atoms with Gasteiger partial charge in [-0.2, -0.15) is 5.10 Å². The van der Waals surface area contributed by atoms with Crippen LogP contribution in [0, 0.1) is 0 Å². The fourth-order valence-corrected chi connectivity index (χ4v) is 5.07. The summed E-state index contributed by atoms with van der Waals surface area (Å²) in [5.74, 6) is 0.0272. The summed E-state index contributed by atoms with van der Waals surface area (Å²) >= 11 is 1.26. The van der Waals surface area contributed by atoms with Crippen LogP contribution in [0.15, 0.2) is 87.8 Å². The lowest BCUT2D eigenvalue weighted by molar-refractivity contribution is -0.130. The molecule has 0 fully saturated rings. The Balaban J connectivity index is 1.42. The molecular weight excluding hydrogens is 446 g/mol. The third kappa shape index (κ3) is 4.41. The Morgan fingerprint density at radius 3 is 2.62 bits per heavy atom. The highest BCUT2D eigenvalue weighted by molar-refractivity contribution is 7.99. The van der Waals surface area contributed by atoms with Crippen LogP contribution in [-0.4, -0.2) is 37.1 Å². The van der Waals surface area contributed by atoms with Crippen molar-refractivity contribution < 1.29 is 4.79 Å². The van der Waals surface area contributed by atoms with Crippen LogP contribution in [0.25, 0.3) is 10.8 Å². The fourth-order valence-electron chi connectivity index (χ4n) is 4.25. The molecule has 5 rings (SSSR count). The van der Waals surface area contributed by atoms with Crippen LogP contribution in [0.2, 0.25) is 0 Å². The number of hydrogen-bond donors (Lipinski definition) is 1. The van der Waals surface area contributed by atoms with Crippen molar-refractivity contribution in [3.63, 3.8) is 0 Å². The minimum Gasteiger partial charge on any atom is -0.272 e. The van der Waals surface area contributed by atoms with Gasteiger partial charge in [0.15, 0.2) is 5.16 Å². The topological polar surface area (TPSA) is 83.3 Å². The molecule has 1 N–H and O–H groups in total. The highest BCUT2D eigenvalue weighted by Crippen LogP contribution is 2.34. The molecule has 0 radical (unpaired) electrons. The Kier molecular flexibility index (Phi) is 6.31. The van der Waals surface area contributed by atoms with Crippen LogP contribution < -0.4 is 5.69 Å². The summed E-state index contributed by atoms with van der Waals surface area (Å²) in [6.07, 6.45) is 1.45. The molecule has 0 bridgehead atoms. The molecular formula is C26H25N5O2S. The molecule has 0 unspecified atom stereocenters. The predicted octanol–water partition coefficient (Wildman–Crippen LogP) is 4.60. The van der Waals surface area contributed by atoms with Crippen molar-refractivity contribution in [1.29, 1.82) is 0 Å². The number of rotatable bonds is 7. The van der Waals surface area contributed by atoms with Gasteiger partial charge < -0.3 is 0 Å². The minimum absolute atomic E-state index is 0.117. The van der Waals surface area contributed by atoms with Crippen molar-refractivity contribution in [1.82, 2.24) is 19.8 Å². The number of aromatic nitrogens is 3. The van der Waals surface area contributed by atoms with Crippen molar-refractivity contribution in [3.8, 4) is 0 Å². The monoisotopic (exact) mass is 471 g/mol. The van der Waals surface area contributed by atoms with Gasteiger partial charge in [0.25, 0.3) is 5.91 Å². The van der Waals surface area contributed by atoms with Crippen LogP contribution in [-0.2, 0) is 11.3 Å². The minimum atomic E-state index is -0.253. The summed E-state index contributed by atoms with van der Waals surface area (Å²) in [7, 11) is 0. The zero-order valence-electron chi connectivity index (χ0n) is 18.8. The molecule has 1 aliphatic rings. The average molecular weight is 472 g/mol. The maximum Gasteiger partial charge on any atom is 0.343 e. The Morgan fingerprint density at radius 1 is 1.06 bits per heavy atom. The Hall–Kier alpha value is -3.65. The smallest absolute Gasteiger partial charge is 0.272 e. The molecule has 0 saturated carbocycles. The lowest BCUT2D eigenvalue weighted by Gasteiger charge is -2.21. The molecule has 172 valence electrons. The second-order valence-corrected chi connectivity index (χ2v) is 9.17. The van der Waals surface area contributed by atoms with Crippen molar-refractivity contribution in [2.45, 2.75) is 37.5 Å². The number of benzene rings is 3. The lowest BCUT2D eigenvalue weighted by atomic mass is 9.97. The Labute approximate surface area is 201 Å². The largest absolute Gasteiger partial charge is 0.343 e. The van der Waals surface area contributed by atoms with E-state index in [2.05, 4.69) is 40.5 Å². The van der Waals surface area contributed by atoms with Gasteiger partial charge in [0.2, 0.25) is 0 Å². The number of hydrazone groups is 1. The zero-order chi connectivity index (χ0) is 23.5. The molecule has 8 heteroatoms. The molecule has 0 saturated heterocycles. The van der Waals surface area contributed by atoms with Crippen LogP contribution in [0.3, 0.4) is 0 Å². The zero-order valence-corrected chi connectivity index (χ0v) is 19.7. The number of carbonyl (C=O) groups is 1. The molecule has 1 amide bonds. The first-order valence-electron chi connectivity index (χ1n) is 11.4. The fraction of sp³-hybridized carbons (Fsp3) is 0.231. The van der Waals surface area contributed by atoms with Crippen LogP contribution in [0.4, 0.5) is 0 Å². The number of thioether (sulfide) groups is 1. The molecule has 1 aliphatic heterocycles. The van der Waals surface area contributed by atoms with Gasteiger partial charge in [0.05, 0.1) is 17.5 Å².